The van der Waals surface area contributed by atoms with E-state index in [2.05, 4.69) is 62.6 Å². The molecule has 0 radical (unpaired) electrons. The summed E-state index contributed by atoms with van der Waals surface area (Å²) in [6.45, 7) is 8.86. The summed E-state index contributed by atoms with van der Waals surface area (Å²) in [5.41, 5.74) is 3.64. The number of hydrogen-bond acceptors (Lipinski definition) is 2. The first-order valence-corrected chi connectivity index (χ1v) is 9.38. The Kier molecular flexibility index (Phi) is 3.69. The van der Waals surface area contributed by atoms with Crippen LogP contribution in [0.25, 0.3) is 10.8 Å². The van der Waals surface area contributed by atoms with E-state index in [4.69, 9.17) is 0 Å². The molecule has 0 saturated carbocycles. The van der Waals surface area contributed by atoms with E-state index < -0.39 is 0 Å². The first kappa shape index (κ1) is 16.6. The van der Waals surface area contributed by atoms with Crippen LogP contribution in [0, 0.1) is 0 Å². The monoisotopic (exact) mass is 336 g/mol. The minimum absolute atomic E-state index is 0.0295. The Morgan fingerprint density at radius 1 is 1.00 bits per heavy atom. The number of carbonyl (C=O) groups excluding carboxylic acids is 1. The third kappa shape index (κ3) is 3.06. The average molecular weight is 336 g/mol. The maximum atomic E-state index is 13.1. The summed E-state index contributed by atoms with van der Waals surface area (Å²) in [4.78, 5) is 13.1. The van der Waals surface area contributed by atoms with Gasteiger partial charge in [-0.15, -0.1) is 0 Å². The van der Waals surface area contributed by atoms with Crippen LogP contribution in [0.15, 0.2) is 30.3 Å². The van der Waals surface area contributed by atoms with Crippen LogP contribution < -0.4 is 10.6 Å². The van der Waals surface area contributed by atoms with Gasteiger partial charge in [-0.2, -0.15) is 0 Å². The van der Waals surface area contributed by atoms with Gasteiger partial charge in [-0.1, -0.05) is 24.3 Å². The molecule has 0 aromatic heterocycles. The van der Waals surface area contributed by atoms with E-state index in [-0.39, 0.29) is 23.0 Å². The molecule has 0 spiro atoms. The number of hydrogen-bond donors (Lipinski definition) is 2. The average Bonchev–Trinajstić information content (AvgIpc) is 2.89. The summed E-state index contributed by atoms with van der Waals surface area (Å²) in [6.07, 6.45) is 4.08. The van der Waals surface area contributed by atoms with Crippen molar-refractivity contribution in [2.45, 2.75) is 70.5 Å². The van der Waals surface area contributed by atoms with Gasteiger partial charge in [0, 0.05) is 22.7 Å². The van der Waals surface area contributed by atoms with Crippen molar-refractivity contribution in [3.8, 4) is 0 Å². The molecule has 1 aliphatic carbocycles. The Morgan fingerprint density at radius 3 is 2.32 bits per heavy atom. The van der Waals surface area contributed by atoms with Gasteiger partial charge < -0.3 is 10.6 Å². The van der Waals surface area contributed by atoms with E-state index in [1.807, 2.05) is 6.07 Å². The summed E-state index contributed by atoms with van der Waals surface area (Å²) in [5.74, 6) is 0.0640. The molecule has 0 atom stereocenters. The first-order valence-electron chi connectivity index (χ1n) is 9.38. The predicted molar refractivity (Wildman–Crippen MR) is 103 cm³/mol. The van der Waals surface area contributed by atoms with Gasteiger partial charge in [0.15, 0.2) is 0 Å². The summed E-state index contributed by atoms with van der Waals surface area (Å²) in [7, 11) is 0. The first-order chi connectivity index (χ1) is 11.7. The quantitative estimate of drug-likeness (QED) is 0.871. The topological polar surface area (TPSA) is 41.1 Å². The number of aryl methyl sites for hydroxylation is 2. The number of piperidine rings is 1. The van der Waals surface area contributed by atoms with Gasteiger partial charge in [0.2, 0.25) is 0 Å². The Bertz CT molecular complexity index is 824. The van der Waals surface area contributed by atoms with Gasteiger partial charge in [0.1, 0.15) is 0 Å². The van der Waals surface area contributed by atoms with Crippen molar-refractivity contribution < 1.29 is 4.79 Å². The minimum atomic E-state index is 0.0295. The second-order valence-corrected chi connectivity index (χ2v) is 9.08. The van der Waals surface area contributed by atoms with Crippen molar-refractivity contribution in [3.63, 3.8) is 0 Å². The zero-order valence-corrected chi connectivity index (χ0v) is 15.7. The molecule has 1 fully saturated rings. The van der Waals surface area contributed by atoms with E-state index in [1.165, 1.54) is 16.5 Å². The van der Waals surface area contributed by atoms with Crippen molar-refractivity contribution in [2.75, 3.05) is 0 Å². The largest absolute Gasteiger partial charge is 0.349 e. The predicted octanol–water partition coefficient (Wildman–Crippen LogP) is 3.98. The smallest absolute Gasteiger partial charge is 0.252 e. The zero-order chi connectivity index (χ0) is 17.8. The summed E-state index contributed by atoms with van der Waals surface area (Å²) < 4.78 is 0. The van der Waals surface area contributed by atoms with Crippen LogP contribution in [-0.2, 0) is 12.8 Å². The molecule has 0 bridgehead atoms. The van der Waals surface area contributed by atoms with Crippen molar-refractivity contribution in [1.29, 1.82) is 0 Å². The standard InChI is InChI=1S/C22H28N2O/c1-21(2)12-16(13-22(3,4)24-21)23-20(25)18-11-10-15-9-8-14-6-5-7-17(18)19(14)15/h5-7,10-11,16,24H,8-9,12-13H2,1-4H3,(H,23,25). The highest BCUT2D eigenvalue weighted by Crippen LogP contribution is 2.33. The molecule has 1 aliphatic heterocycles. The number of rotatable bonds is 2. The Morgan fingerprint density at radius 2 is 1.64 bits per heavy atom. The molecule has 3 heteroatoms. The molecule has 1 amide bonds. The molecule has 1 saturated heterocycles. The van der Waals surface area contributed by atoms with Crippen LogP contribution in [0.1, 0.15) is 62.0 Å². The third-order valence-corrected chi connectivity index (χ3v) is 5.65. The summed E-state index contributed by atoms with van der Waals surface area (Å²) in [5, 5.41) is 9.41. The molecule has 25 heavy (non-hydrogen) atoms. The zero-order valence-electron chi connectivity index (χ0n) is 15.7. The summed E-state index contributed by atoms with van der Waals surface area (Å²) >= 11 is 0. The second-order valence-electron chi connectivity index (χ2n) is 9.08. The van der Waals surface area contributed by atoms with E-state index in [9.17, 15) is 4.79 Å². The maximum Gasteiger partial charge on any atom is 0.252 e. The number of amides is 1. The van der Waals surface area contributed by atoms with E-state index in [1.54, 1.807) is 0 Å². The highest BCUT2D eigenvalue weighted by molar-refractivity contribution is 6.09. The van der Waals surface area contributed by atoms with Crippen molar-refractivity contribution in [2.24, 2.45) is 0 Å². The Labute approximate surface area is 150 Å². The second kappa shape index (κ2) is 5.57. The molecule has 2 N–H and O–H groups in total. The molecule has 0 unspecified atom stereocenters. The number of carbonyl (C=O) groups is 1. The molecule has 3 nitrogen and oxygen atoms in total. The minimum Gasteiger partial charge on any atom is -0.349 e. The van der Waals surface area contributed by atoms with Crippen molar-refractivity contribution in [3.05, 3.63) is 47.0 Å². The summed E-state index contributed by atoms with van der Waals surface area (Å²) in [6, 6.07) is 10.7. The fraction of sp³-hybridized carbons (Fsp3) is 0.500. The Balaban J connectivity index is 1.63. The van der Waals surface area contributed by atoms with Crippen molar-refractivity contribution >= 4 is 16.7 Å². The van der Waals surface area contributed by atoms with Gasteiger partial charge in [0.05, 0.1) is 0 Å². The van der Waals surface area contributed by atoms with Gasteiger partial charge in [-0.3, -0.25) is 4.79 Å². The molecule has 2 aromatic carbocycles. The Hall–Kier alpha value is -1.87. The van der Waals surface area contributed by atoms with Gasteiger partial charge in [-0.25, -0.2) is 0 Å². The van der Waals surface area contributed by atoms with Crippen LogP contribution in [0.3, 0.4) is 0 Å². The van der Waals surface area contributed by atoms with Gasteiger partial charge in [-0.05, 0) is 81.3 Å². The molecular weight excluding hydrogens is 308 g/mol. The maximum absolute atomic E-state index is 13.1. The lowest BCUT2D eigenvalue weighted by molar-refractivity contribution is 0.0875. The van der Waals surface area contributed by atoms with Crippen molar-refractivity contribution in [1.82, 2.24) is 10.6 Å². The molecule has 2 aromatic rings. The number of benzene rings is 2. The molecule has 132 valence electrons. The third-order valence-electron chi connectivity index (χ3n) is 5.65. The normalized spacial score (nSPS) is 21.4. The highest BCUT2D eigenvalue weighted by Gasteiger charge is 2.38. The lowest BCUT2D eigenvalue weighted by atomic mass is 9.79. The van der Waals surface area contributed by atoms with E-state index in [0.717, 1.165) is 36.6 Å². The van der Waals surface area contributed by atoms with Crippen LogP contribution >= 0.6 is 0 Å². The fourth-order valence-corrected chi connectivity index (χ4v) is 5.13. The highest BCUT2D eigenvalue weighted by atomic mass is 16.1. The van der Waals surface area contributed by atoms with Crippen LogP contribution in [-0.4, -0.2) is 23.0 Å². The molecule has 4 rings (SSSR count). The lowest BCUT2D eigenvalue weighted by Gasteiger charge is -2.46. The van der Waals surface area contributed by atoms with Crippen LogP contribution in [0.4, 0.5) is 0 Å². The van der Waals surface area contributed by atoms with Crippen LogP contribution in [0.2, 0.25) is 0 Å². The SMILES string of the molecule is CC1(C)CC(NC(=O)c2ccc3c4c(cccc24)CC3)CC(C)(C)N1. The lowest BCUT2D eigenvalue weighted by Crippen LogP contribution is -2.62. The van der Waals surface area contributed by atoms with Gasteiger partial charge in [0.25, 0.3) is 5.91 Å². The molecule has 1 heterocycles. The van der Waals surface area contributed by atoms with E-state index in [0.29, 0.717) is 0 Å². The molecular formula is C22H28N2O. The van der Waals surface area contributed by atoms with Gasteiger partial charge >= 0.3 is 0 Å². The fourth-order valence-electron chi connectivity index (χ4n) is 5.13. The number of nitrogens with one attached hydrogen (secondary N) is 2. The van der Waals surface area contributed by atoms with Crippen LogP contribution in [0.5, 0.6) is 0 Å². The van der Waals surface area contributed by atoms with E-state index >= 15 is 0 Å². The molecule has 2 aliphatic rings.